The largest absolute Gasteiger partial charge is 0.507 e. The molecule has 0 saturated heterocycles. The summed E-state index contributed by atoms with van der Waals surface area (Å²) in [5, 5.41) is 12.1. The summed E-state index contributed by atoms with van der Waals surface area (Å²) in [7, 11) is 0. The molecular weight excluding hydrogens is 374 g/mol. The number of hydrogen-bond acceptors (Lipinski definition) is 3. The van der Waals surface area contributed by atoms with Crippen molar-refractivity contribution < 1.29 is 14.7 Å². The molecule has 0 aliphatic carbocycles. The molecule has 2 heterocycles. The fraction of sp³-hybridized carbons (Fsp3) is 0. The van der Waals surface area contributed by atoms with Gasteiger partial charge in [0.2, 0.25) is 5.78 Å². The zero-order valence-electron chi connectivity index (χ0n) is 15.9. The summed E-state index contributed by atoms with van der Waals surface area (Å²) in [6.07, 6.45) is 1.81. The summed E-state index contributed by atoms with van der Waals surface area (Å²) >= 11 is 0. The molecule has 4 heteroatoms. The molecule has 5 rings (SSSR count). The molecule has 0 amide bonds. The van der Waals surface area contributed by atoms with Crippen LogP contribution in [0.2, 0.25) is 0 Å². The van der Waals surface area contributed by atoms with Crippen LogP contribution in [0, 0.1) is 0 Å². The molecule has 0 unspecified atom stereocenters. The second kappa shape index (κ2) is 7.01. The minimum Gasteiger partial charge on any atom is -0.507 e. The molecule has 0 atom stereocenters. The lowest BCUT2D eigenvalue weighted by molar-refractivity contribution is 0.103. The van der Waals surface area contributed by atoms with Gasteiger partial charge in [-0.2, -0.15) is 0 Å². The van der Waals surface area contributed by atoms with Gasteiger partial charge in [0.25, 0.3) is 0 Å². The van der Waals surface area contributed by atoms with Crippen LogP contribution in [0.4, 0.5) is 0 Å². The van der Waals surface area contributed by atoms with Crippen LogP contribution in [0.5, 0.6) is 5.75 Å². The number of pyridine rings is 1. The number of benzene rings is 3. The van der Waals surface area contributed by atoms with Gasteiger partial charge in [0, 0.05) is 22.7 Å². The van der Waals surface area contributed by atoms with Gasteiger partial charge >= 0.3 is 0 Å². The van der Waals surface area contributed by atoms with Gasteiger partial charge in [-0.15, -0.1) is 0 Å². The van der Waals surface area contributed by atoms with Gasteiger partial charge in [-0.3, -0.25) is 9.59 Å². The maximum absolute atomic E-state index is 13.4. The van der Waals surface area contributed by atoms with E-state index < -0.39 is 0 Å². The number of nitrogens with zero attached hydrogens (tertiary/aromatic N) is 1. The first-order valence-electron chi connectivity index (χ1n) is 9.60. The predicted molar refractivity (Wildman–Crippen MR) is 116 cm³/mol. The molecule has 0 aliphatic heterocycles. The van der Waals surface area contributed by atoms with Gasteiger partial charge in [0.05, 0.1) is 16.8 Å². The molecule has 0 spiro atoms. The van der Waals surface area contributed by atoms with Crippen LogP contribution in [0.1, 0.15) is 32.0 Å². The summed E-state index contributed by atoms with van der Waals surface area (Å²) in [4.78, 5) is 26.7. The highest BCUT2D eigenvalue weighted by atomic mass is 16.3. The van der Waals surface area contributed by atoms with Crippen LogP contribution in [0.25, 0.3) is 16.3 Å². The maximum atomic E-state index is 13.4. The molecule has 0 bridgehead atoms. The third kappa shape index (κ3) is 2.78. The fourth-order valence-corrected chi connectivity index (χ4v) is 3.86. The Bertz CT molecular complexity index is 1430. The third-order valence-corrected chi connectivity index (χ3v) is 5.32. The van der Waals surface area contributed by atoms with E-state index in [1.54, 1.807) is 40.8 Å². The molecule has 4 nitrogen and oxygen atoms in total. The van der Waals surface area contributed by atoms with Gasteiger partial charge < -0.3 is 9.51 Å². The number of ketones is 2. The monoisotopic (exact) mass is 391 g/mol. The zero-order chi connectivity index (χ0) is 20.7. The quantitative estimate of drug-likeness (QED) is 0.425. The SMILES string of the molecule is O=C(c1ccccc1O)c1cc(C(=O)c2ccccc2)n2ccc3ccccc3c12. The van der Waals surface area contributed by atoms with E-state index in [4.69, 9.17) is 0 Å². The normalized spacial score (nSPS) is 11.1. The predicted octanol–water partition coefficient (Wildman–Crippen LogP) is 5.26. The number of para-hydroxylation sites is 1. The van der Waals surface area contributed by atoms with Crippen molar-refractivity contribution in [3.8, 4) is 5.75 Å². The number of aromatic hydroxyl groups is 1. The summed E-state index contributed by atoms with van der Waals surface area (Å²) in [6.45, 7) is 0. The Balaban J connectivity index is 1.82. The molecule has 0 radical (unpaired) electrons. The van der Waals surface area contributed by atoms with Gasteiger partial charge in [0.1, 0.15) is 5.75 Å². The summed E-state index contributed by atoms with van der Waals surface area (Å²) in [5.74, 6) is -0.579. The van der Waals surface area contributed by atoms with E-state index in [2.05, 4.69) is 0 Å². The number of rotatable bonds is 4. The molecule has 0 saturated carbocycles. The first-order valence-corrected chi connectivity index (χ1v) is 9.60. The molecule has 1 N–H and O–H groups in total. The molecule has 3 aromatic carbocycles. The molecule has 5 aromatic rings. The van der Waals surface area contributed by atoms with E-state index >= 15 is 0 Å². The molecular formula is C26H17NO3. The number of carbonyl (C=O) groups excluding carboxylic acids is 2. The number of aromatic nitrogens is 1. The average Bonchev–Trinajstić information content (AvgIpc) is 3.19. The molecule has 144 valence electrons. The zero-order valence-corrected chi connectivity index (χ0v) is 15.9. The summed E-state index contributed by atoms with van der Waals surface area (Å²) < 4.78 is 1.77. The minimum atomic E-state index is -0.325. The Kier molecular flexibility index (Phi) is 4.18. The minimum absolute atomic E-state index is 0.0852. The van der Waals surface area contributed by atoms with Crippen LogP contribution in [0.15, 0.2) is 97.2 Å². The second-order valence-corrected chi connectivity index (χ2v) is 7.11. The third-order valence-electron chi connectivity index (χ3n) is 5.32. The van der Waals surface area contributed by atoms with Crippen molar-refractivity contribution in [2.75, 3.05) is 0 Å². The Morgan fingerprint density at radius 1 is 0.700 bits per heavy atom. The van der Waals surface area contributed by atoms with Crippen molar-refractivity contribution in [3.63, 3.8) is 0 Å². The number of carbonyl (C=O) groups is 2. The Hall–Kier alpha value is -4.18. The second-order valence-electron chi connectivity index (χ2n) is 7.11. The summed E-state index contributed by atoms with van der Waals surface area (Å²) in [5.41, 5.74) is 2.19. The Labute approximate surface area is 172 Å². The maximum Gasteiger partial charge on any atom is 0.209 e. The van der Waals surface area contributed by atoms with Crippen LogP contribution in [-0.4, -0.2) is 21.1 Å². The number of phenols is 1. The van der Waals surface area contributed by atoms with Crippen molar-refractivity contribution in [2.24, 2.45) is 0 Å². The van der Waals surface area contributed by atoms with Crippen LogP contribution in [-0.2, 0) is 0 Å². The lowest BCUT2D eigenvalue weighted by Crippen LogP contribution is -2.04. The first kappa shape index (κ1) is 17.9. The van der Waals surface area contributed by atoms with E-state index in [0.29, 0.717) is 22.3 Å². The lowest BCUT2D eigenvalue weighted by Gasteiger charge is -2.07. The molecule has 0 aliphatic rings. The van der Waals surface area contributed by atoms with Gasteiger partial charge in [-0.25, -0.2) is 0 Å². The van der Waals surface area contributed by atoms with Crippen molar-refractivity contribution in [1.82, 2.24) is 4.40 Å². The standard InChI is InChI=1S/C26H17NO3/c28-23-13-7-6-12-20(23)26(30)21-16-22(25(29)18-9-2-1-3-10-18)27-15-14-17-8-4-5-11-19(17)24(21)27/h1-16,28H. The highest BCUT2D eigenvalue weighted by Crippen LogP contribution is 2.30. The van der Waals surface area contributed by atoms with Crippen molar-refractivity contribution >= 4 is 27.9 Å². The number of fused-ring (bicyclic) bond motifs is 3. The van der Waals surface area contributed by atoms with Gasteiger partial charge in [0.15, 0.2) is 5.78 Å². The smallest absolute Gasteiger partial charge is 0.209 e. The van der Waals surface area contributed by atoms with E-state index in [0.717, 1.165) is 10.8 Å². The van der Waals surface area contributed by atoms with E-state index in [9.17, 15) is 14.7 Å². The van der Waals surface area contributed by atoms with Crippen molar-refractivity contribution in [2.45, 2.75) is 0 Å². The lowest BCUT2D eigenvalue weighted by atomic mass is 10.0. The highest BCUT2D eigenvalue weighted by Gasteiger charge is 2.24. The van der Waals surface area contributed by atoms with E-state index in [1.807, 2.05) is 54.7 Å². The topological polar surface area (TPSA) is 58.8 Å². The first-order chi connectivity index (χ1) is 14.6. The highest BCUT2D eigenvalue weighted by molar-refractivity contribution is 6.21. The van der Waals surface area contributed by atoms with Crippen LogP contribution >= 0.6 is 0 Å². The average molecular weight is 391 g/mol. The molecule has 0 fully saturated rings. The number of phenolic OH excluding ortho intramolecular Hbond substituents is 1. The molecule has 30 heavy (non-hydrogen) atoms. The van der Waals surface area contributed by atoms with Crippen molar-refractivity contribution in [1.29, 1.82) is 0 Å². The summed E-state index contributed by atoms with van der Waals surface area (Å²) in [6, 6.07) is 26.7. The number of hydrogen-bond donors (Lipinski definition) is 1. The van der Waals surface area contributed by atoms with E-state index in [-0.39, 0.29) is 22.9 Å². The fourth-order valence-electron chi connectivity index (χ4n) is 3.86. The Morgan fingerprint density at radius 2 is 1.40 bits per heavy atom. The van der Waals surface area contributed by atoms with Crippen molar-refractivity contribution in [3.05, 3.63) is 120 Å². The Morgan fingerprint density at radius 3 is 2.20 bits per heavy atom. The van der Waals surface area contributed by atoms with Crippen LogP contribution < -0.4 is 0 Å². The van der Waals surface area contributed by atoms with Crippen LogP contribution in [0.3, 0.4) is 0 Å². The van der Waals surface area contributed by atoms with E-state index in [1.165, 1.54) is 6.07 Å². The molecule has 2 aromatic heterocycles. The van der Waals surface area contributed by atoms with Gasteiger partial charge in [-0.05, 0) is 29.7 Å². The van der Waals surface area contributed by atoms with Gasteiger partial charge in [-0.1, -0.05) is 66.7 Å².